The molecule has 1 aromatic carbocycles. The molecule has 4 aliphatic heterocycles. The minimum atomic E-state index is -3.02. The Balaban J connectivity index is 1.18. The number of fused-ring (bicyclic) bond motifs is 1. The van der Waals surface area contributed by atoms with Crippen LogP contribution in [-0.2, 0) is 19.4 Å². The van der Waals surface area contributed by atoms with E-state index in [9.17, 15) is 27.6 Å². The van der Waals surface area contributed by atoms with Gasteiger partial charge in [0, 0.05) is 51.4 Å². The highest BCUT2D eigenvalue weighted by molar-refractivity contribution is 7.92. The Bertz CT molecular complexity index is 1170. The van der Waals surface area contributed by atoms with E-state index in [-0.39, 0.29) is 35.0 Å². The number of nitrogens with one attached hydrogen (secondary N) is 2. The van der Waals surface area contributed by atoms with Crippen molar-refractivity contribution in [1.29, 1.82) is 0 Å². The SMILES string of the molecule is O=C1CCC(N2C(=O)c3ccc(N4CCN(CCCS(=O)(=O)C5CNC5)CC4)cc3C2=O)C(=O)N1. The normalized spacial score (nSPS) is 23.9. The fourth-order valence-electron chi connectivity index (χ4n) is 5.06. The fourth-order valence-corrected chi connectivity index (χ4v) is 6.67. The Morgan fingerprint density at radius 3 is 2.31 bits per heavy atom. The van der Waals surface area contributed by atoms with Gasteiger partial charge in [0.1, 0.15) is 6.04 Å². The molecule has 0 saturated carbocycles. The molecule has 1 atom stereocenters. The van der Waals surface area contributed by atoms with Crippen molar-refractivity contribution in [3.8, 4) is 0 Å². The van der Waals surface area contributed by atoms with Crippen molar-refractivity contribution >= 4 is 39.2 Å². The Morgan fingerprint density at radius 2 is 1.66 bits per heavy atom. The monoisotopic (exact) mass is 503 g/mol. The number of hydrogen-bond acceptors (Lipinski definition) is 9. The van der Waals surface area contributed by atoms with E-state index in [0.29, 0.717) is 19.5 Å². The summed E-state index contributed by atoms with van der Waals surface area (Å²) in [6.45, 7) is 4.83. The maximum Gasteiger partial charge on any atom is 0.262 e. The molecule has 0 spiro atoms. The quantitative estimate of drug-likeness (QED) is 0.449. The maximum absolute atomic E-state index is 13.1. The van der Waals surface area contributed by atoms with Crippen LogP contribution in [0.25, 0.3) is 0 Å². The molecule has 4 amide bonds. The van der Waals surface area contributed by atoms with Crippen LogP contribution in [0.3, 0.4) is 0 Å². The number of nitrogens with zero attached hydrogens (tertiary/aromatic N) is 3. The average Bonchev–Trinajstić information content (AvgIpc) is 3.02. The second-order valence-electron chi connectivity index (χ2n) is 9.51. The molecule has 3 saturated heterocycles. The number of anilines is 1. The molecule has 1 unspecified atom stereocenters. The van der Waals surface area contributed by atoms with Gasteiger partial charge >= 0.3 is 0 Å². The third kappa shape index (κ3) is 4.57. The van der Waals surface area contributed by atoms with Crippen LogP contribution >= 0.6 is 0 Å². The van der Waals surface area contributed by atoms with Crippen LogP contribution in [-0.4, -0.2) is 105 Å². The van der Waals surface area contributed by atoms with Gasteiger partial charge in [-0.15, -0.1) is 0 Å². The van der Waals surface area contributed by atoms with Gasteiger partial charge in [-0.2, -0.15) is 0 Å². The van der Waals surface area contributed by atoms with Crippen molar-refractivity contribution in [2.75, 3.05) is 56.5 Å². The smallest absolute Gasteiger partial charge is 0.262 e. The number of hydrogen-bond donors (Lipinski definition) is 2. The lowest BCUT2D eigenvalue weighted by Gasteiger charge is -2.36. The van der Waals surface area contributed by atoms with Crippen molar-refractivity contribution in [3.63, 3.8) is 0 Å². The fraction of sp³-hybridized carbons (Fsp3) is 0.565. The number of sulfone groups is 1. The summed E-state index contributed by atoms with van der Waals surface area (Å²) in [5.74, 6) is -1.83. The molecule has 35 heavy (non-hydrogen) atoms. The number of benzene rings is 1. The summed E-state index contributed by atoms with van der Waals surface area (Å²) in [5, 5.41) is 4.97. The highest BCUT2D eigenvalue weighted by Crippen LogP contribution is 2.31. The zero-order chi connectivity index (χ0) is 24.7. The van der Waals surface area contributed by atoms with Gasteiger partial charge in [0.25, 0.3) is 11.8 Å². The van der Waals surface area contributed by atoms with Crippen LogP contribution in [0.1, 0.15) is 40.0 Å². The standard InChI is InChI=1S/C23H29N5O6S/c29-20-5-4-19(21(30)25-20)28-22(31)17-3-2-15(12-18(17)23(28)32)27-9-7-26(8-10-27)6-1-11-35(33,34)16-13-24-14-16/h2-3,12,16,19,24H,1,4-11,13-14H2,(H,25,29,30). The molecule has 12 heteroatoms. The summed E-state index contributed by atoms with van der Waals surface area (Å²) < 4.78 is 24.5. The first-order valence-electron chi connectivity index (χ1n) is 12.0. The third-order valence-electron chi connectivity index (χ3n) is 7.32. The van der Waals surface area contributed by atoms with Gasteiger partial charge < -0.3 is 10.2 Å². The maximum atomic E-state index is 13.1. The molecule has 0 aromatic heterocycles. The van der Waals surface area contributed by atoms with Crippen LogP contribution in [0.4, 0.5) is 5.69 Å². The molecule has 188 valence electrons. The molecule has 2 N–H and O–H groups in total. The lowest BCUT2D eigenvalue weighted by Crippen LogP contribution is -2.54. The molecule has 4 aliphatic rings. The van der Waals surface area contributed by atoms with Crippen LogP contribution < -0.4 is 15.5 Å². The topological polar surface area (TPSA) is 136 Å². The number of carbonyl (C=O) groups is 4. The second-order valence-corrected chi connectivity index (χ2v) is 11.9. The van der Waals surface area contributed by atoms with E-state index in [0.717, 1.165) is 43.3 Å². The summed E-state index contributed by atoms with van der Waals surface area (Å²) >= 11 is 0. The van der Waals surface area contributed by atoms with Gasteiger partial charge in [0.2, 0.25) is 11.8 Å². The highest BCUT2D eigenvalue weighted by atomic mass is 32.2. The predicted octanol–water partition coefficient (Wildman–Crippen LogP) is -1.01. The van der Waals surface area contributed by atoms with E-state index >= 15 is 0 Å². The molecule has 11 nitrogen and oxygen atoms in total. The Kier molecular flexibility index (Phi) is 6.36. The van der Waals surface area contributed by atoms with E-state index in [1.807, 2.05) is 6.07 Å². The number of piperidine rings is 1. The number of rotatable bonds is 7. The van der Waals surface area contributed by atoms with Crippen LogP contribution in [0, 0.1) is 0 Å². The van der Waals surface area contributed by atoms with Crippen molar-refractivity contribution in [2.45, 2.75) is 30.6 Å². The Labute approximate surface area is 203 Å². The molecule has 5 rings (SSSR count). The second kappa shape index (κ2) is 9.32. The molecule has 0 aliphatic carbocycles. The molecular formula is C23H29N5O6S. The van der Waals surface area contributed by atoms with E-state index in [4.69, 9.17) is 0 Å². The molecule has 0 radical (unpaired) electrons. The lowest BCUT2D eigenvalue weighted by molar-refractivity contribution is -0.136. The number of carbonyl (C=O) groups excluding carboxylic acids is 4. The summed E-state index contributed by atoms with van der Waals surface area (Å²) in [7, 11) is -3.02. The summed E-state index contributed by atoms with van der Waals surface area (Å²) in [6.07, 6.45) is 0.831. The van der Waals surface area contributed by atoms with Gasteiger partial charge in [0.15, 0.2) is 9.84 Å². The van der Waals surface area contributed by atoms with Crippen molar-refractivity contribution < 1.29 is 27.6 Å². The Morgan fingerprint density at radius 1 is 0.943 bits per heavy atom. The van der Waals surface area contributed by atoms with Gasteiger partial charge in [-0.25, -0.2) is 8.42 Å². The summed E-state index contributed by atoms with van der Waals surface area (Å²) in [6, 6.07) is 4.17. The molecular weight excluding hydrogens is 474 g/mol. The van der Waals surface area contributed by atoms with E-state index < -0.39 is 39.5 Å². The zero-order valence-corrected chi connectivity index (χ0v) is 20.2. The largest absolute Gasteiger partial charge is 0.369 e. The van der Waals surface area contributed by atoms with Crippen molar-refractivity contribution in [1.82, 2.24) is 20.4 Å². The first-order valence-corrected chi connectivity index (χ1v) is 13.7. The first kappa shape index (κ1) is 23.9. The third-order valence-corrected chi connectivity index (χ3v) is 9.52. The highest BCUT2D eigenvalue weighted by Gasteiger charge is 2.44. The van der Waals surface area contributed by atoms with E-state index in [2.05, 4.69) is 20.4 Å². The van der Waals surface area contributed by atoms with Crippen LogP contribution in [0.5, 0.6) is 0 Å². The zero-order valence-electron chi connectivity index (χ0n) is 19.4. The molecule has 1 aromatic rings. The van der Waals surface area contributed by atoms with Gasteiger partial charge in [-0.3, -0.25) is 34.3 Å². The van der Waals surface area contributed by atoms with Gasteiger partial charge in [-0.1, -0.05) is 0 Å². The summed E-state index contributed by atoms with van der Waals surface area (Å²) in [5.41, 5.74) is 1.37. The van der Waals surface area contributed by atoms with Crippen molar-refractivity contribution in [2.24, 2.45) is 0 Å². The van der Waals surface area contributed by atoms with E-state index in [1.165, 1.54) is 0 Å². The number of piperazine rings is 1. The minimum Gasteiger partial charge on any atom is -0.369 e. The van der Waals surface area contributed by atoms with Gasteiger partial charge in [0.05, 0.1) is 22.1 Å². The van der Waals surface area contributed by atoms with Crippen molar-refractivity contribution in [3.05, 3.63) is 29.3 Å². The molecule has 0 bridgehead atoms. The van der Waals surface area contributed by atoms with Gasteiger partial charge in [-0.05, 0) is 37.6 Å². The lowest BCUT2D eigenvalue weighted by atomic mass is 10.0. The first-order chi connectivity index (χ1) is 16.7. The Hall–Kier alpha value is -2.83. The molecule has 4 heterocycles. The van der Waals surface area contributed by atoms with Crippen LogP contribution in [0.2, 0.25) is 0 Å². The predicted molar refractivity (Wildman–Crippen MR) is 127 cm³/mol. The average molecular weight is 504 g/mol. The number of imide groups is 2. The van der Waals surface area contributed by atoms with Crippen LogP contribution in [0.15, 0.2) is 18.2 Å². The number of amides is 4. The minimum absolute atomic E-state index is 0.0864. The summed E-state index contributed by atoms with van der Waals surface area (Å²) in [4.78, 5) is 55.0. The van der Waals surface area contributed by atoms with E-state index in [1.54, 1.807) is 12.1 Å². The molecule has 3 fully saturated rings.